The monoisotopic (exact) mass is 471 g/mol. The molecule has 9 heteroatoms. The van der Waals surface area contributed by atoms with Crippen LogP contribution in [0.2, 0.25) is 5.02 Å². The van der Waals surface area contributed by atoms with E-state index in [1.54, 1.807) is 36.2 Å². The standard InChI is InChI=1S/C21H26ClN3O3S.ClH/c1-23-13-11-16(12-14-23)24(2)21(26)19-15-18(9-10-20(19)22)29(27,28)25(3)17-7-5-4-6-8-17;/h4-10,15-16H,11-14H2,1-3H3;1H. The summed E-state index contributed by atoms with van der Waals surface area (Å²) in [5, 5.41) is 0.246. The Hall–Kier alpha value is -1.80. The number of benzene rings is 2. The lowest BCUT2D eigenvalue weighted by Gasteiger charge is -2.35. The number of anilines is 1. The van der Waals surface area contributed by atoms with E-state index in [1.807, 2.05) is 6.07 Å². The molecule has 1 aliphatic heterocycles. The lowest BCUT2D eigenvalue weighted by atomic mass is 10.0. The highest BCUT2D eigenvalue weighted by atomic mass is 35.5. The fourth-order valence-electron chi connectivity index (χ4n) is 3.50. The van der Waals surface area contributed by atoms with Crippen molar-refractivity contribution >= 4 is 45.6 Å². The molecule has 1 saturated heterocycles. The molecular formula is C21H27Cl2N3O3S. The van der Waals surface area contributed by atoms with Gasteiger partial charge in [0.05, 0.1) is 21.2 Å². The number of amides is 1. The Morgan fingerprint density at radius 3 is 2.27 bits per heavy atom. The highest BCUT2D eigenvalue weighted by molar-refractivity contribution is 7.92. The molecule has 30 heavy (non-hydrogen) atoms. The van der Waals surface area contributed by atoms with E-state index in [9.17, 15) is 13.2 Å². The van der Waals surface area contributed by atoms with Crippen molar-refractivity contribution in [1.29, 1.82) is 0 Å². The largest absolute Gasteiger partial charge is 0.339 e. The maximum Gasteiger partial charge on any atom is 0.264 e. The molecule has 0 aliphatic carbocycles. The zero-order chi connectivity index (χ0) is 21.2. The molecule has 6 nitrogen and oxygen atoms in total. The topological polar surface area (TPSA) is 60.9 Å². The number of rotatable bonds is 5. The quantitative estimate of drug-likeness (QED) is 0.665. The number of piperidine rings is 1. The van der Waals surface area contributed by atoms with Crippen molar-refractivity contribution in [1.82, 2.24) is 9.80 Å². The lowest BCUT2D eigenvalue weighted by molar-refractivity contribution is 0.0659. The summed E-state index contributed by atoms with van der Waals surface area (Å²) in [5.74, 6) is -0.260. The summed E-state index contributed by atoms with van der Waals surface area (Å²) >= 11 is 6.28. The molecule has 0 radical (unpaired) electrons. The van der Waals surface area contributed by atoms with Crippen LogP contribution in [0, 0.1) is 0 Å². The number of hydrogen-bond acceptors (Lipinski definition) is 4. The van der Waals surface area contributed by atoms with Gasteiger partial charge in [-0.3, -0.25) is 9.10 Å². The first kappa shape index (κ1) is 24.5. The summed E-state index contributed by atoms with van der Waals surface area (Å²) in [4.78, 5) is 17.0. The molecular weight excluding hydrogens is 445 g/mol. The summed E-state index contributed by atoms with van der Waals surface area (Å²) in [7, 11) is 1.48. The molecule has 0 unspecified atom stereocenters. The second-order valence-electron chi connectivity index (χ2n) is 7.40. The molecule has 0 saturated carbocycles. The minimum atomic E-state index is -3.83. The van der Waals surface area contributed by atoms with Gasteiger partial charge in [-0.25, -0.2) is 8.42 Å². The predicted molar refractivity (Wildman–Crippen MR) is 123 cm³/mol. The van der Waals surface area contributed by atoms with E-state index in [2.05, 4.69) is 11.9 Å². The molecule has 0 spiro atoms. The molecule has 1 aliphatic rings. The molecule has 1 heterocycles. The number of hydrogen-bond donors (Lipinski definition) is 0. The van der Waals surface area contributed by atoms with Gasteiger partial charge in [-0.1, -0.05) is 29.8 Å². The van der Waals surface area contributed by atoms with Crippen LogP contribution in [-0.2, 0) is 10.0 Å². The van der Waals surface area contributed by atoms with Crippen molar-refractivity contribution in [2.24, 2.45) is 0 Å². The van der Waals surface area contributed by atoms with Gasteiger partial charge in [-0.05, 0) is 63.3 Å². The summed E-state index contributed by atoms with van der Waals surface area (Å²) in [6.45, 7) is 1.85. The van der Waals surface area contributed by atoms with Crippen molar-refractivity contribution in [2.45, 2.75) is 23.8 Å². The molecule has 0 aromatic heterocycles. The molecule has 164 valence electrons. The number of carbonyl (C=O) groups is 1. The van der Waals surface area contributed by atoms with E-state index in [1.165, 1.54) is 29.6 Å². The molecule has 3 rings (SSSR count). The number of sulfonamides is 1. The number of nitrogens with zero attached hydrogens (tertiary/aromatic N) is 3. The van der Waals surface area contributed by atoms with Gasteiger partial charge in [0.1, 0.15) is 0 Å². The molecule has 1 amide bonds. The van der Waals surface area contributed by atoms with Gasteiger partial charge in [-0.15, -0.1) is 12.4 Å². The molecule has 0 atom stereocenters. The van der Waals surface area contributed by atoms with E-state index >= 15 is 0 Å². The van der Waals surface area contributed by atoms with E-state index in [0.717, 1.165) is 25.9 Å². The molecule has 0 N–H and O–H groups in total. The highest BCUT2D eigenvalue weighted by Crippen LogP contribution is 2.27. The lowest BCUT2D eigenvalue weighted by Crippen LogP contribution is -2.44. The second kappa shape index (κ2) is 10.0. The minimum Gasteiger partial charge on any atom is -0.339 e. The Balaban J connectivity index is 0.00000320. The van der Waals surface area contributed by atoms with Crippen molar-refractivity contribution in [2.75, 3.05) is 38.5 Å². The van der Waals surface area contributed by atoms with Crippen LogP contribution in [0.3, 0.4) is 0 Å². The molecule has 1 fully saturated rings. The van der Waals surface area contributed by atoms with Crippen LogP contribution < -0.4 is 4.31 Å². The average molecular weight is 472 g/mol. The summed E-state index contributed by atoms with van der Waals surface area (Å²) in [6, 6.07) is 13.2. The van der Waals surface area contributed by atoms with E-state index < -0.39 is 10.0 Å². The van der Waals surface area contributed by atoms with E-state index in [-0.39, 0.29) is 39.8 Å². The first-order valence-corrected chi connectivity index (χ1v) is 11.3. The zero-order valence-corrected chi connectivity index (χ0v) is 19.7. The maximum atomic E-state index is 13.1. The third kappa shape index (κ3) is 5.09. The fourth-order valence-corrected chi connectivity index (χ4v) is 4.92. The SMILES string of the molecule is CN1CCC(N(C)C(=O)c2cc(S(=O)(=O)N(C)c3ccccc3)ccc2Cl)CC1.Cl. The normalized spacial score (nSPS) is 15.3. The molecule has 2 aromatic rings. The maximum absolute atomic E-state index is 13.1. The Labute approximate surface area is 189 Å². The summed E-state index contributed by atoms with van der Waals surface area (Å²) < 4.78 is 27.4. The Kier molecular flexibility index (Phi) is 8.16. The van der Waals surface area contributed by atoms with Gasteiger partial charge >= 0.3 is 0 Å². The Morgan fingerprint density at radius 2 is 1.67 bits per heavy atom. The van der Waals surface area contributed by atoms with Gasteiger partial charge in [-0.2, -0.15) is 0 Å². The molecule has 2 aromatic carbocycles. The van der Waals surface area contributed by atoms with E-state index in [0.29, 0.717) is 5.69 Å². The van der Waals surface area contributed by atoms with Gasteiger partial charge in [0.25, 0.3) is 15.9 Å². The van der Waals surface area contributed by atoms with Gasteiger partial charge in [0.2, 0.25) is 0 Å². The average Bonchev–Trinajstić information content (AvgIpc) is 2.73. The third-order valence-corrected chi connectivity index (χ3v) is 7.61. The highest BCUT2D eigenvalue weighted by Gasteiger charge is 2.28. The Morgan fingerprint density at radius 1 is 1.07 bits per heavy atom. The van der Waals surface area contributed by atoms with Crippen molar-refractivity contribution in [3.05, 3.63) is 59.1 Å². The summed E-state index contributed by atoms with van der Waals surface area (Å²) in [6.07, 6.45) is 1.76. The van der Waals surface area contributed by atoms with Gasteiger partial charge in [0.15, 0.2) is 0 Å². The number of halogens is 2. The van der Waals surface area contributed by atoms with Crippen molar-refractivity contribution < 1.29 is 13.2 Å². The first-order chi connectivity index (χ1) is 13.7. The van der Waals surface area contributed by atoms with Crippen LogP contribution in [-0.4, -0.2) is 64.4 Å². The number of carbonyl (C=O) groups excluding carboxylic acids is 1. The number of likely N-dealkylation sites (tertiary alicyclic amines) is 1. The van der Waals surface area contributed by atoms with Crippen LogP contribution in [0.1, 0.15) is 23.2 Å². The van der Waals surface area contributed by atoms with E-state index in [4.69, 9.17) is 11.6 Å². The minimum absolute atomic E-state index is 0. The number of para-hydroxylation sites is 1. The van der Waals surface area contributed by atoms with Crippen LogP contribution in [0.4, 0.5) is 5.69 Å². The van der Waals surface area contributed by atoms with Crippen LogP contribution >= 0.6 is 24.0 Å². The van der Waals surface area contributed by atoms with Crippen molar-refractivity contribution in [3.63, 3.8) is 0 Å². The van der Waals surface area contributed by atoms with Gasteiger partial charge < -0.3 is 9.80 Å². The van der Waals surface area contributed by atoms with Crippen LogP contribution in [0.5, 0.6) is 0 Å². The third-order valence-electron chi connectivity index (χ3n) is 5.50. The van der Waals surface area contributed by atoms with Crippen LogP contribution in [0.15, 0.2) is 53.4 Å². The summed E-state index contributed by atoms with van der Waals surface area (Å²) in [5.41, 5.74) is 0.745. The zero-order valence-electron chi connectivity index (χ0n) is 17.3. The fraction of sp³-hybridized carbons (Fsp3) is 0.381. The van der Waals surface area contributed by atoms with Crippen LogP contribution in [0.25, 0.3) is 0 Å². The first-order valence-electron chi connectivity index (χ1n) is 9.51. The second-order valence-corrected chi connectivity index (χ2v) is 9.78. The smallest absolute Gasteiger partial charge is 0.264 e. The predicted octanol–water partition coefficient (Wildman–Crippen LogP) is 3.75. The van der Waals surface area contributed by atoms with Gasteiger partial charge in [0, 0.05) is 20.1 Å². The molecule has 0 bridgehead atoms. The van der Waals surface area contributed by atoms with Crippen molar-refractivity contribution in [3.8, 4) is 0 Å². The Bertz CT molecular complexity index is 978.